The first-order chi connectivity index (χ1) is 17.7. The standard InChI is InChI=1S/C21H23F2N9O2S.C2H2/c1-11(30(2)20(33)16-8-31(29-27-16)13-9-35(34)10-13)4-3-5-17-25-19-14-6-12(22)7-15(23)18(14)26-21(24)32(19)28-17;1-2/h6-8,11,13H,3-5,9-10H2,1-2H3,(H2,24,26);1-2H/t11-,13?,35?;/m0./s1. The van der Waals surface area contributed by atoms with Gasteiger partial charge in [-0.1, -0.05) is 5.21 Å². The zero-order valence-electron chi connectivity index (χ0n) is 20.2. The van der Waals surface area contributed by atoms with Gasteiger partial charge in [-0.2, -0.15) is 4.52 Å². The molecule has 3 aromatic heterocycles. The normalized spacial score (nSPS) is 17.7. The summed E-state index contributed by atoms with van der Waals surface area (Å²) in [6.07, 6.45) is 11.4. The highest BCUT2D eigenvalue weighted by Gasteiger charge is 2.29. The summed E-state index contributed by atoms with van der Waals surface area (Å²) in [5.41, 5.74) is 6.32. The van der Waals surface area contributed by atoms with Crippen LogP contribution in [0.25, 0.3) is 16.6 Å². The first kappa shape index (κ1) is 26.1. The van der Waals surface area contributed by atoms with Gasteiger partial charge >= 0.3 is 0 Å². The van der Waals surface area contributed by atoms with E-state index in [-0.39, 0.29) is 46.2 Å². The van der Waals surface area contributed by atoms with Crippen LogP contribution in [-0.4, -0.2) is 74.2 Å². The lowest BCUT2D eigenvalue weighted by molar-refractivity contribution is 0.0729. The number of terminal acetylenes is 1. The average Bonchev–Trinajstić information content (AvgIpc) is 3.51. The summed E-state index contributed by atoms with van der Waals surface area (Å²) >= 11 is 0. The zero-order chi connectivity index (χ0) is 26.9. The van der Waals surface area contributed by atoms with Crippen molar-refractivity contribution in [2.45, 2.75) is 38.3 Å². The molecule has 0 bridgehead atoms. The van der Waals surface area contributed by atoms with Crippen molar-refractivity contribution in [3.05, 3.63) is 41.5 Å². The summed E-state index contributed by atoms with van der Waals surface area (Å²) in [5.74, 6) is -0.331. The van der Waals surface area contributed by atoms with Crippen molar-refractivity contribution in [2.24, 2.45) is 0 Å². The van der Waals surface area contributed by atoms with E-state index in [1.54, 1.807) is 22.8 Å². The van der Waals surface area contributed by atoms with Crippen molar-refractivity contribution in [3.63, 3.8) is 0 Å². The molecule has 0 unspecified atom stereocenters. The van der Waals surface area contributed by atoms with Crippen LogP contribution >= 0.6 is 0 Å². The Labute approximate surface area is 213 Å². The molecule has 2 N–H and O–H groups in total. The molecule has 1 aromatic carbocycles. The second-order valence-electron chi connectivity index (χ2n) is 8.69. The number of rotatable bonds is 7. The molecule has 1 aliphatic rings. The SMILES string of the molecule is C#C.C[C@@H](CCCc1nc2c3cc(F)cc(F)c3nc(N)n2n1)N(C)C(=O)c1cn(C2CS(=O)C2)nn1. The van der Waals surface area contributed by atoms with E-state index >= 15 is 0 Å². The molecular weight excluding hydrogens is 504 g/mol. The number of nitrogen functional groups attached to an aromatic ring is 1. The molecule has 1 amide bonds. The van der Waals surface area contributed by atoms with Gasteiger partial charge in [0, 0.05) is 47.9 Å². The molecule has 4 heterocycles. The highest BCUT2D eigenvalue weighted by atomic mass is 32.2. The minimum Gasteiger partial charge on any atom is -0.368 e. The van der Waals surface area contributed by atoms with Gasteiger partial charge in [0.1, 0.15) is 11.3 Å². The van der Waals surface area contributed by atoms with E-state index in [2.05, 4.69) is 38.2 Å². The van der Waals surface area contributed by atoms with Crippen LogP contribution in [0.4, 0.5) is 14.7 Å². The van der Waals surface area contributed by atoms with Crippen LogP contribution in [0.3, 0.4) is 0 Å². The van der Waals surface area contributed by atoms with Gasteiger partial charge in [0.15, 0.2) is 23.0 Å². The topological polar surface area (TPSA) is 137 Å². The number of nitrogens with two attached hydrogens (primary N) is 1. The molecule has 0 radical (unpaired) electrons. The van der Waals surface area contributed by atoms with Gasteiger partial charge in [-0.25, -0.2) is 23.4 Å². The Morgan fingerprint density at radius 2 is 2.03 bits per heavy atom. The Bertz CT molecular complexity index is 1510. The van der Waals surface area contributed by atoms with Crippen molar-refractivity contribution in [1.82, 2.24) is 39.5 Å². The van der Waals surface area contributed by atoms with Gasteiger partial charge in [0.2, 0.25) is 5.95 Å². The van der Waals surface area contributed by atoms with Crippen LogP contribution < -0.4 is 5.73 Å². The lowest BCUT2D eigenvalue weighted by Gasteiger charge is -2.24. The second-order valence-corrected chi connectivity index (χ2v) is 10.2. The predicted molar refractivity (Wildman–Crippen MR) is 134 cm³/mol. The summed E-state index contributed by atoms with van der Waals surface area (Å²) in [6, 6.07) is 1.83. The number of amides is 1. The third-order valence-electron chi connectivity index (χ3n) is 6.23. The van der Waals surface area contributed by atoms with E-state index in [1.807, 2.05) is 6.92 Å². The van der Waals surface area contributed by atoms with E-state index in [9.17, 15) is 17.8 Å². The fourth-order valence-electron chi connectivity index (χ4n) is 4.02. The number of fused-ring (bicyclic) bond motifs is 3. The zero-order valence-corrected chi connectivity index (χ0v) is 21.0. The summed E-state index contributed by atoms with van der Waals surface area (Å²) in [6.45, 7) is 1.93. The highest BCUT2D eigenvalue weighted by Crippen LogP contribution is 2.24. The van der Waals surface area contributed by atoms with Gasteiger partial charge in [0.05, 0.1) is 17.6 Å². The van der Waals surface area contributed by atoms with Crippen LogP contribution in [0.15, 0.2) is 18.3 Å². The lowest BCUT2D eigenvalue weighted by Crippen LogP contribution is -2.35. The molecule has 0 saturated carbocycles. The first-order valence-corrected chi connectivity index (χ1v) is 12.9. The van der Waals surface area contributed by atoms with E-state index in [0.29, 0.717) is 36.6 Å². The third-order valence-corrected chi connectivity index (χ3v) is 7.74. The van der Waals surface area contributed by atoms with E-state index in [1.165, 1.54) is 4.52 Å². The molecule has 37 heavy (non-hydrogen) atoms. The van der Waals surface area contributed by atoms with Gasteiger partial charge in [-0.3, -0.25) is 9.00 Å². The van der Waals surface area contributed by atoms with Gasteiger partial charge < -0.3 is 10.6 Å². The fourth-order valence-corrected chi connectivity index (χ4v) is 5.09. The quantitative estimate of drug-likeness (QED) is 0.358. The minimum absolute atomic E-state index is 0.0277. The van der Waals surface area contributed by atoms with Crippen LogP contribution in [0.2, 0.25) is 0 Å². The summed E-state index contributed by atoms with van der Waals surface area (Å²) < 4.78 is 42.1. The maximum atomic E-state index is 14.1. The monoisotopic (exact) mass is 529 g/mol. The number of carbonyl (C=O) groups excluding carboxylic acids is 1. The maximum Gasteiger partial charge on any atom is 0.276 e. The number of hydrogen-bond acceptors (Lipinski definition) is 8. The van der Waals surface area contributed by atoms with Crippen LogP contribution in [0, 0.1) is 24.5 Å². The molecule has 14 heteroatoms. The molecule has 11 nitrogen and oxygen atoms in total. The summed E-state index contributed by atoms with van der Waals surface area (Å²) in [7, 11) is 0.888. The number of halogens is 2. The van der Waals surface area contributed by atoms with E-state index in [4.69, 9.17) is 5.73 Å². The number of nitrogens with zero attached hydrogens (tertiary/aromatic N) is 8. The van der Waals surface area contributed by atoms with E-state index < -0.39 is 22.4 Å². The Balaban J connectivity index is 0.00000156. The number of hydrogen-bond donors (Lipinski definition) is 1. The number of aryl methyl sites for hydroxylation is 1. The summed E-state index contributed by atoms with van der Waals surface area (Å²) in [4.78, 5) is 22.8. The Kier molecular flexibility index (Phi) is 7.44. The number of aromatic nitrogens is 7. The molecule has 1 saturated heterocycles. The first-order valence-electron chi connectivity index (χ1n) is 11.4. The number of benzene rings is 1. The molecule has 1 aliphatic heterocycles. The van der Waals surface area contributed by atoms with Crippen molar-refractivity contribution < 1.29 is 17.8 Å². The molecular formula is C23H25F2N9O2S. The molecule has 4 aromatic rings. The van der Waals surface area contributed by atoms with Crippen molar-refractivity contribution >= 4 is 39.2 Å². The van der Waals surface area contributed by atoms with Gasteiger partial charge in [-0.05, 0) is 25.8 Å². The van der Waals surface area contributed by atoms with Gasteiger partial charge in [-0.15, -0.1) is 23.0 Å². The lowest BCUT2D eigenvalue weighted by atomic mass is 10.1. The Hall–Kier alpha value is -3.99. The molecule has 0 aliphatic carbocycles. The number of anilines is 1. The van der Waals surface area contributed by atoms with Crippen molar-refractivity contribution in [1.29, 1.82) is 0 Å². The largest absolute Gasteiger partial charge is 0.368 e. The second kappa shape index (κ2) is 10.6. The molecule has 1 atom stereocenters. The Morgan fingerprint density at radius 3 is 2.73 bits per heavy atom. The summed E-state index contributed by atoms with van der Waals surface area (Å²) in [5, 5.41) is 12.5. The van der Waals surface area contributed by atoms with Crippen LogP contribution in [0.5, 0.6) is 0 Å². The minimum atomic E-state index is -0.817. The molecule has 194 valence electrons. The van der Waals surface area contributed by atoms with Crippen LogP contribution in [0.1, 0.15) is 42.1 Å². The maximum absolute atomic E-state index is 14.1. The predicted octanol–water partition coefficient (Wildman–Crippen LogP) is 1.77. The number of carbonyl (C=O) groups is 1. The van der Waals surface area contributed by atoms with Gasteiger partial charge in [0.25, 0.3) is 5.91 Å². The van der Waals surface area contributed by atoms with Crippen LogP contribution in [-0.2, 0) is 17.2 Å². The smallest absolute Gasteiger partial charge is 0.276 e. The molecule has 0 spiro atoms. The molecule has 5 rings (SSSR count). The molecule has 1 fully saturated rings. The average molecular weight is 530 g/mol. The van der Waals surface area contributed by atoms with E-state index in [0.717, 1.165) is 12.1 Å². The highest BCUT2D eigenvalue weighted by molar-refractivity contribution is 7.86. The van der Waals surface area contributed by atoms with Crippen molar-refractivity contribution in [2.75, 3.05) is 24.3 Å². The fraction of sp³-hybridized carbons (Fsp3) is 0.391. The Morgan fingerprint density at radius 1 is 1.30 bits per heavy atom. The van der Waals surface area contributed by atoms with Crippen molar-refractivity contribution in [3.8, 4) is 12.8 Å². The third kappa shape index (κ3) is 5.12.